The maximum atomic E-state index is 12.9. The number of anilines is 2. The number of methoxy groups -OCH3 is 1. The highest BCUT2D eigenvalue weighted by atomic mass is 19.4. The van der Waals surface area contributed by atoms with Gasteiger partial charge < -0.3 is 24.8 Å². The number of hydrazone groups is 1. The SMILES string of the molecule is CCCOc1ccc(NC(=O)C(=O)N/N=C\c2ccc(OCC(=O)Nc3cccc(C(F)(F)F)c3)c(OC)c2)cc1. The molecule has 0 spiro atoms. The number of amides is 3. The Balaban J connectivity index is 1.50. The van der Waals surface area contributed by atoms with Crippen molar-refractivity contribution in [2.24, 2.45) is 5.10 Å². The summed E-state index contributed by atoms with van der Waals surface area (Å²) in [5.41, 5.74) is 2.06. The summed E-state index contributed by atoms with van der Waals surface area (Å²) in [7, 11) is 1.36. The molecule has 0 aliphatic heterocycles. The summed E-state index contributed by atoms with van der Waals surface area (Å²) in [5, 5.41) is 8.55. The van der Waals surface area contributed by atoms with Gasteiger partial charge in [0, 0.05) is 11.4 Å². The summed E-state index contributed by atoms with van der Waals surface area (Å²) in [6.45, 7) is 2.05. The van der Waals surface area contributed by atoms with Crippen LogP contribution in [-0.2, 0) is 20.6 Å². The van der Waals surface area contributed by atoms with Crippen molar-refractivity contribution in [1.82, 2.24) is 5.43 Å². The van der Waals surface area contributed by atoms with Gasteiger partial charge in [-0.15, -0.1) is 0 Å². The fourth-order valence-electron chi connectivity index (χ4n) is 3.26. The van der Waals surface area contributed by atoms with E-state index < -0.39 is 36.1 Å². The summed E-state index contributed by atoms with van der Waals surface area (Å²) in [6, 6.07) is 15.3. The van der Waals surface area contributed by atoms with Crippen LogP contribution in [0.2, 0.25) is 0 Å². The second-order valence-corrected chi connectivity index (χ2v) is 8.35. The van der Waals surface area contributed by atoms with E-state index in [9.17, 15) is 27.6 Å². The molecule has 0 saturated carbocycles. The van der Waals surface area contributed by atoms with Crippen molar-refractivity contribution in [3.63, 3.8) is 0 Å². The van der Waals surface area contributed by atoms with Crippen LogP contribution in [0.5, 0.6) is 17.2 Å². The molecule has 216 valence electrons. The minimum absolute atomic E-state index is 0.0300. The highest BCUT2D eigenvalue weighted by molar-refractivity contribution is 6.39. The lowest BCUT2D eigenvalue weighted by molar-refractivity contribution is -0.137. The molecule has 3 aromatic carbocycles. The Labute approximate surface area is 233 Å². The quantitative estimate of drug-likeness (QED) is 0.175. The molecule has 13 heteroatoms. The lowest BCUT2D eigenvalue weighted by Crippen LogP contribution is -2.32. The maximum absolute atomic E-state index is 12.9. The van der Waals surface area contributed by atoms with Gasteiger partial charge in [-0.25, -0.2) is 5.43 Å². The number of halogens is 3. The van der Waals surface area contributed by atoms with E-state index in [0.717, 1.165) is 18.6 Å². The molecule has 3 N–H and O–H groups in total. The summed E-state index contributed by atoms with van der Waals surface area (Å²) in [6.07, 6.45) is -2.42. The van der Waals surface area contributed by atoms with Crippen LogP contribution in [0.1, 0.15) is 24.5 Å². The molecule has 0 heterocycles. The fourth-order valence-corrected chi connectivity index (χ4v) is 3.26. The van der Waals surface area contributed by atoms with Crippen LogP contribution in [0.4, 0.5) is 24.5 Å². The third-order valence-electron chi connectivity index (χ3n) is 5.19. The molecule has 3 amide bonds. The second-order valence-electron chi connectivity index (χ2n) is 8.35. The zero-order chi connectivity index (χ0) is 29.8. The van der Waals surface area contributed by atoms with E-state index in [0.29, 0.717) is 23.6 Å². The molecule has 0 unspecified atom stereocenters. The van der Waals surface area contributed by atoms with Crippen molar-refractivity contribution in [1.29, 1.82) is 0 Å². The van der Waals surface area contributed by atoms with Crippen LogP contribution in [-0.4, -0.2) is 44.3 Å². The first kappa shape index (κ1) is 30.5. The lowest BCUT2D eigenvalue weighted by Gasteiger charge is -2.12. The van der Waals surface area contributed by atoms with E-state index in [1.54, 1.807) is 30.3 Å². The third kappa shape index (κ3) is 9.56. The number of carbonyl (C=O) groups is 3. The van der Waals surface area contributed by atoms with E-state index in [1.807, 2.05) is 6.92 Å². The van der Waals surface area contributed by atoms with Gasteiger partial charge in [0.1, 0.15) is 5.75 Å². The molecule has 41 heavy (non-hydrogen) atoms. The predicted molar refractivity (Wildman–Crippen MR) is 145 cm³/mol. The molecule has 3 rings (SSSR count). The van der Waals surface area contributed by atoms with Crippen molar-refractivity contribution < 1.29 is 41.8 Å². The first-order valence-electron chi connectivity index (χ1n) is 12.2. The van der Waals surface area contributed by atoms with Gasteiger partial charge in [0.25, 0.3) is 5.91 Å². The Morgan fingerprint density at radius 2 is 1.63 bits per heavy atom. The molecule has 0 bridgehead atoms. The average Bonchev–Trinajstić information content (AvgIpc) is 2.95. The first-order valence-corrected chi connectivity index (χ1v) is 12.2. The molecule has 0 aromatic heterocycles. The maximum Gasteiger partial charge on any atom is 0.416 e. The predicted octanol–water partition coefficient (Wildman–Crippen LogP) is 4.61. The molecule has 0 radical (unpaired) electrons. The van der Waals surface area contributed by atoms with Gasteiger partial charge in [-0.2, -0.15) is 18.3 Å². The Kier molecular flexibility index (Phi) is 10.7. The largest absolute Gasteiger partial charge is 0.494 e. The normalized spacial score (nSPS) is 11.0. The Morgan fingerprint density at radius 1 is 0.878 bits per heavy atom. The smallest absolute Gasteiger partial charge is 0.416 e. The number of hydrogen-bond donors (Lipinski definition) is 3. The molecule has 0 fully saturated rings. The molecule has 0 aliphatic carbocycles. The van der Waals surface area contributed by atoms with Crippen LogP contribution >= 0.6 is 0 Å². The van der Waals surface area contributed by atoms with Gasteiger partial charge in [0.2, 0.25) is 0 Å². The molecule has 0 atom stereocenters. The van der Waals surface area contributed by atoms with Crippen LogP contribution in [0.15, 0.2) is 71.8 Å². The van der Waals surface area contributed by atoms with Crippen molar-refractivity contribution in [2.45, 2.75) is 19.5 Å². The van der Waals surface area contributed by atoms with E-state index in [-0.39, 0.29) is 17.2 Å². The number of benzene rings is 3. The van der Waals surface area contributed by atoms with Crippen LogP contribution in [0, 0.1) is 0 Å². The highest BCUT2D eigenvalue weighted by Gasteiger charge is 2.30. The average molecular weight is 573 g/mol. The number of ether oxygens (including phenoxy) is 3. The molecular weight excluding hydrogens is 545 g/mol. The monoisotopic (exact) mass is 572 g/mol. The van der Waals surface area contributed by atoms with E-state index in [4.69, 9.17) is 14.2 Å². The van der Waals surface area contributed by atoms with Crippen LogP contribution < -0.4 is 30.3 Å². The van der Waals surface area contributed by atoms with Crippen molar-refractivity contribution in [3.8, 4) is 17.2 Å². The van der Waals surface area contributed by atoms with Crippen LogP contribution in [0.25, 0.3) is 0 Å². The zero-order valence-electron chi connectivity index (χ0n) is 22.1. The molecule has 0 saturated heterocycles. The molecular formula is C28H27F3N4O6. The van der Waals surface area contributed by atoms with E-state index in [2.05, 4.69) is 21.2 Å². The number of rotatable bonds is 11. The number of nitrogens with zero attached hydrogens (tertiary/aromatic N) is 1. The summed E-state index contributed by atoms with van der Waals surface area (Å²) in [5.74, 6) is -1.56. The summed E-state index contributed by atoms with van der Waals surface area (Å²) in [4.78, 5) is 36.4. The third-order valence-corrected chi connectivity index (χ3v) is 5.19. The highest BCUT2D eigenvalue weighted by Crippen LogP contribution is 2.31. The first-order chi connectivity index (χ1) is 19.6. The van der Waals surface area contributed by atoms with Crippen molar-refractivity contribution >= 4 is 35.3 Å². The van der Waals surface area contributed by atoms with E-state index in [1.165, 1.54) is 37.6 Å². The van der Waals surface area contributed by atoms with Crippen molar-refractivity contribution in [3.05, 3.63) is 77.9 Å². The van der Waals surface area contributed by atoms with Gasteiger partial charge in [-0.05, 0) is 72.6 Å². The molecule has 0 aliphatic rings. The van der Waals surface area contributed by atoms with Crippen molar-refractivity contribution in [2.75, 3.05) is 31.0 Å². The summed E-state index contributed by atoms with van der Waals surface area (Å²) < 4.78 is 54.7. The van der Waals surface area contributed by atoms with Crippen LogP contribution in [0.3, 0.4) is 0 Å². The van der Waals surface area contributed by atoms with Gasteiger partial charge >= 0.3 is 18.0 Å². The minimum atomic E-state index is -4.54. The van der Waals surface area contributed by atoms with Gasteiger partial charge in [0.15, 0.2) is 18.1 Å². The topological polar surface area (TPSA) is 127 Å². The minimum Gasteiger partial charge on any atom is -0.494 e. The lowest BCUT2D eigenvalue weighted by atomic mass is 10.2. The van der Waals surface area contributed by atoms with E-state index >= 15 is 0 Å². The second kappa shape index (κ2) is 14.4. The Hall–Kier alpha value is -5.07. The number of carbonyl (C=O) groups excluding carboxylic acids is 3. The Morgan fingerprint density at radius 3 is 2.32 bits per heavy atom. The van der Waals surface area contributed by atoms with Gasteiger partial charge in [-0.1, -0.05) is 13.0 Å². The number of alkyl halides is 3. The molecule has 3 aromatic rings. The summed E-state index contributed by atoms with van der Waals surface area (Å²) >= 11 is 0. The fraction of sp³-hybridized carbons (Fsp3) is 0.214. The Bertz CT molecular complexity index is 1390. The van der Waals surface area contributed by atoms with Gasteiger partial charge in [-0.3, -0.25) is 14.4 Å². The van der Waals surface area contributed by atoms with Gasteiger partial charge in [0.05, 0.1) is 25.5 Å². The molecule has 10 nitrogen and oxygen atoms in total. The number of nitrogens with one attached hydrogen (secondary N) is 3. The number of hydrogen-bond acceptors (Lipinski definition) is 7. The zero-order valence-corrected chi connectivity index (χ0v) is 22.1. The standard InChI is InChI=1S/C28H27F3N4O6/c1-3-13-40-22-10-8-20(9-11-22)34-26(37)27(38)35-32-16-18-7-12-23(24(14-18)39-2)41-17-25(36)33-21-6-4-5-19(15-21)28(29,30)31/h4-12,14-16H,3,13,17H2,1-2H3,(H,33,36)(H,34,37)(H,35,38)/b32-16-.